The number of carbonyl (C=O) groups is 1. The Bertz CT molecular complexity index is 520. The van der Waals surface area contributed by atoms with Gasteiger partial charge in [0.15, 0.2) is 0 Å². The summed E-state index contributed by atoms with van der Waals surface area (Å²) in [6.45, 7) is 5.90. The smallest absolute Gasteiger partial charge is 0.329 e. The van der Waals surface area contributed by atoms with E-state index in [0.29, 0.717) is 6.54 Å². The van der Waals surface area contributed by atoms with Crippen molar-refractivity contribution in [2.24, 2.45) is 0 Å². The maximum Gasteiger partial charge on any atom is 0.329 e. The predicted octanol–water partition coefficient (Wildman–Crippen LogP) is 0.777. The normalized spacial score (nSPS) is 10.3. The summed E-state index contributed by atoms with van der Waals surface area (Å²) in [7, 11) is 1.62. The van der Waals surface area contributed by atoms with Crippen molar-refractivity contribution in [2.75, 3.05) is 30.4 Å². The molecule has 0 aliphatic heterocycles. The van der Waals surface area contributed by atoms with Gasteiger partial charge in [-0.3, -0.25) is 14.9 Å². The molecule has 0 aliphatic carbocycles. The number of rotatable bonds is 7. The first-order valence-electron chi connectivity index (χ1n) is 6.62. The number of hydrogen-bond acceptors (Lipinski definition) is 7. The fraction of sp³-hybridized carbons (Fsp3) is 0.583. The number of hydrogen-bond donors (Lipinski definition) is 2. The van der Waals surface area contributed by atoms with Crippen LogP contribution in [0.25, 0.3) is 0 Å². The van der Waals surface area contributed by atoms with Crippen LogP contribution in [0.2, 0.25) is 0 Å². The molecule has 0 saturated carbocycles. The van der Waals surface area contributed by atoms with Crippen LogP contribution in [0.15, 0.2) is 6.20 Å². The van der Waals surface area contributed by atoms with Gasteiger partial charge in [-0.1, -0.05) is 0 Å². The number of amides is 1. The van der Waals surface area contributed by atoms with Gasteiger partial charge in [-0.15, -0.1) is 0 Å². The van der Waals surface area contributed by atoms with Gasteiger partial charge in [-0.05, 0) is 20.8 Å². The number of nitrogens with zero attached hydrogens (tertiary/aromatic N) is 4. The molecule has 1 aromatic heterocycles. The minimum Gasteiger partial charge on any atom is -0.357 e. The Balaban J connectivity index is 3.08. The van der Waals surface area contributed by atoms with Crippen molar-refractivity contribution in [1.82, 2.24) is 15.3 Å². The number of aromatic nitrogens is 2. The molecule has 1 aromatic rings. The Morgan fingerprint density at radius 3 is 2.67 bits per heavy atom. The number of nitro groups is 1. The van der Waals surface area contributed by atoms with Gasteiger partial charge >= 0.3 is 5.69 Å². The largest absolute Gasteiger partial charge is 0.357 e. The molecule has 0 bridgehead atoms. The summed E-state index contributed by atoms with van der Waals surface area (Å²) in [5, 5.41) is 16.6. The summed E-state index contributed by atoms with van der Waals surface area (Å²) in [5.74, 6) is 0.171. The molecule has 0 fully saturated rings. The van der Waals surface area contributed by atoms with E-state index in [1.54, 1.807) is 18.9 Å². The van der Waals surface area contributed by atoms with Crippen molar-refractivity contribution in [1.29, 1.82) is 0 Å². The molecule has 21 heavy (non-hydrogen) atoms. The average molecular weight is 296 g/mol. The number of likely N-dealkylation sites (N-methyl/N-ethyl adjacent to an activating group) is 1. The lowest BCUT2D eigenvalue weighted by atomic mass is 10.3. The minimum absolute atomic E-state index is 0.00413. The molecule has 9 heteroatoms. The molecule has 0 atom stereocenters. The first kappa shape index (κ1) is 16.6. The Kier molecular flexibility index (Phi) is 5.82. The van der Waals surface area contributed by atoms with Crippen molar-refractivity contribution in [3.8, 4) is 0 Å². The van der Waals surface area contributed by atoms with Crippen LogP contribution < -0.4 is 15.5 Å². The van der Waals surface area contributed by atoms with E-state index in [4.69, 9.17) is 0 Å². The van der Waals surface area contributed by atoms with Gasteiger partial charge in [0.25, 0.3) is 0 Å². The quantitative estimate of drug-likeness (QED) is 0.564. The number of nitrogens with one attached hydrogen (secondary N) is 2. The molecule has 1 rings (SSSR count). The summed E-state index contributed by atoms with van der Waals surface area (Å²) in [6.07, 6.45) is 1.14. The zero-order chi connectivity index (χ0) is 16.0. The third-order valence-electron chi connectivity index (χ3n) is 2.64. The van der Waals surface area contributed by atoms with E-state index in [1.807, 2.05) is 13.8 Å². The van der Waals surface area contributed by atoms with Crippen molar-refractivity contribution < 1.29 is 9.72 Å². The zero-order valence-corrected chi connectivity index (χ0v) is 12.6. The lowest BCUT2D eigenvalue weighted by molar-refractivity contribution is -0.384. The Labute approximate surface area is 122 Å². The molecule has 0 unspecified atom stereocenters. The summed E-state index contributed by atoms with van der Waals surface area (Å²) in [6, 6.07) is 0.00413. The van der Waals surface area contributed by atoms with E-state index in [-0.39, 0.29) is 35.9 Å². The van der Waals surface area contributed by atoms with Gasteiger partial charge in [-0.25, -0.2) is 4.98 Å². The van der Waals surface area contributed by atoms with E-state index >= 15 is 0 Å². The van der Waals surface area contributed by atoms with Gasteiger partial charge in [0.1, 0.15) is 6.20 Å². The van der Waals surface area contributed by atoms with Crippen LogP contribution in [-0.2, 0) is 4.79 Å². The van der Waals surface area contributed by atoms with Gasteiger partial charge in [0.2, 0.25) is 17.7 Å². The standard InChI is InChI=1S/C12H20N6O3/c1-5-17(7-10(19)15-8(2)3)11-9(18(20)21)6-14-12(13-4)16-11/h6,8H,5,7H2,1-4H3,(H,15,19)(H,13,14,16). The molecular weight excluding hydrogens is 276 g/mol. The van der Waals surface area contributed by atoms with Gasteiger partial charge < -0.3 is 15.5 Å². The second-order valence-corrected chi connectivity index (χ2v) is 4.65. The molecule has 2 N–H and O–H groups in total. The summed E-state index contributed by atoms with van der Waals surface area (Å²) >= 11 is 0. The second kappa shape index (κ2) is 7.36. The maximum atomic E-state index is 11.9. The first-order chi connectivity index (χ1) is 9.88. The molecule has 0 saturated heterocycles. The van der Waals surface area contributed by atoms with Crippen LogP contribution in [0.3, 0.4) is 0 Å². The zero-order valence-electron chi connectivity index (χ0n) is 12.6. The van der Waals surface area contributed by atoms with Gasteiger partial charge in [-0.2, -0.15) is 4.98 Å². The molecule has 9 nitrogen and oxygen atoms in total. The van der Waals surface area contributed by atoms with Crippen LogP contribution in [0.5, 0.6) is 0 Å². The average Bonchev–Trinajstić information content (AvgIpc) is 2.43. The Morgan fingerprint density at radius 1 is 1.52 bits per heavy atom. The minimum atomic E-state index is -0.558. The van der Waals surface area contributed by atoms with Gasteiger partial charge in [0, 0.05) is 19.6 Å². The predicted molar refractivity (Wildman–Crippen MR) is 79.4 cm³/mol. The van der Waals surface area contributed by atoms with Crippen LogP contribution in [0.4, 0.5) is 17.5 Å². The molecule has 0 aliphatic rings. The lowest BCUT2D eigenvalue weighted by Gasteiger charge is -2.22. The summed E-state index contributed by atoms with van der Waals surface area (Å²) < 4.78 is 0. The van der Waals surface area contributed by atoms with Crippen LogP contribution >= 0.6 is 0 Å². The molecular formula is C12H20N6O3. The topological polar surface area (TPSA) is 113 Å². The fourth-order valence-electron chi connectivity index (χ4n) is 1.73. The van der Waals surface area contributed by atoms with E-state index in [2.05, 4.69) is 20.6 Å². The van der Waals surface area contributed by atoms with Crippen LogP contribution in [-0.4, -0.2) is 47.0 Å². The Morgan fingerprint density at radius 2 is 2.19 bits per heavy atom. The lowest BCUT2D eigenvalue weighted by Crippen LogP contribution is -2.40. The van der Waals surface area contributed by atoms with Crippen molar-refractivity contribution >= 4 is 23.4 Å². The highest BCUT2D eigenvalue weighted by molar-refractivity contribution is 5.82. The van der Waals surface area contributed by atoms with E-state index in [1.165, 1.54) is 0 Å². The SMILES string of the molecule is CCN(CC(=O)NC(C)C)c1nc(NC)ncc1[N+](=O)[O-]. The Hall–Kier alpha value is -2.45. The summed E-state index contributed by atoms with van der Waals surface area (Å²) in [4.78, 5) is 31.8. The molecule has 1 amide bonds. The molecule has 116 valence electrons. The van der Waals surface area contributed by atoms with E-state index in [0.717, 1.165) is 6.20 Å². The highest BCUT2D eigenvalue weighted by Crippen LogP contribution is 2.25. The highest BCUT2D eigenvalue weighted by Gasteiger charge is 2.23. The summed E-state index contributed by atoms with van der Waals surface area (Å²) in [5.41, 5.74) is -0.229. The molecule has 1 heterocycles. The van der Waals surface area contributed by atoms with Gasteiger partial charge in [0.05, 0.1) is 11.5 Å². The van der Waals surface area contributed by atoms with E-state index < -0.39 is 4.92 Å². The fourth-order valence-corrected chi connectivity index (χ4v) is 1.73. The maximum absolute atomic E-state index is 11.9. The van der Waals surface area contributed by atoms with Crippen molar-refractivity contribution in [3.63, 3.8) is 0 Å². The van der Waals surface area contributed by atoms with Crippen LogP contribution in [0.1, 0.15) is 20.8 Å². The molecule has 0 spiro atoms. The second-order valence-electron chi connectivity index (χ2n) is 4.65. The first-order valence-corrected chi connectivity index (χ1v) is 6.62. The monoisotopic (exact) mass is 296 g/mol. The van der Waals surface area contributed by atoms with E-state index in [9.17, 15) is 14.9 Å². The van der Waals surface area contributed by atoms with Crippen molar-refractivity contribution in [2.45, 2.75) is 26.8 Å². The van der Waals surface area contributed by atoms with Crippen LogP contribution in [0, 0.1) is 10.1 Å². The third kappa shape index (κ3) is 4.55. The van der Waals surface area contributed by atoms with Crippen molar-refractivity contribution in [3.05, 3.63) is 16.3 Å². The highest BCUT2D eigenvalue weighted by atomic mass is 16.6. The third-order valence-corrected chi connectivity index (χ3v) is 2.64. The molecule has 0 aromatic carbocycles. The molecule has 0 radical (unpaired) electrons. The number of anilines is 2. The number of carbonyl (C=O) groups excluding carboxylic acids is 1.